The van der Waals surface area contributed by atoms with Gasteiger partial charge in [-0.3, -0.25) is 0 Å². The van der Waals surface area contributed by atoms with E-state index in [9.17, 15) is 0 Å². The van der Waals surface area contributed by atoms with Gasteiger partial charge in [-0.05, 0) is 31.2 Å². The molecular formula is C7H11NS2. The molecule has 1 aliphatic heterocycles. The highest BCUT2D eigenvalue weighted by Crippen LogP contribution is 2.23. The van der Waals surface area contributed by atoms with E-state index >= 15 is 0 Å². The van der Waals surface area contributed by atoms with Crippen molar-refractivity contribution < 1.29 is 0 Å². The molecule has 0 N–H and O–H groups in total. The zero-order chi connectivity index (χ0) is 7.40. The van der Waals surface area contributed by atoms with E-state index in [-0.39, 0.29) is 0 Å². The van der Waals surface area contributed by atoms with E-state index in [1.165, 1.54) is 5.57 Å². The molecule has 0 aliphatic carbocycles. The molecule has 0 aromatic carbocycles. The third-order valence-corrected chi connectivity index (χ3v) is 3.56. The number of thioether (sulfide) groups is 1. The zero-order valence-electron chi connectivity index (χ0n) is 6.20. The van der Waals surface area contributed by atoms with E-state index in [1.807, 2.05) is 18.0 Å². The summed E-state index contributed by atoms with van der Waals surface area (Å²) in [6.45, 7) is 2.17. The lowest BCUT2D eigenvalue weighted by atomic mass is 10.2. The summed E-state index contributed by atoms with van der Waals surface area (Å²) in [6, 6.07) is 0. The maximum atomic E-state index is 4.12. The largest absolute Gasteiger partial charge is 0.225 e. The van der Waals surface area contributed by atoms with Crippen LogP contribution in [0.15, 0.2) is 16.0 Å². The summed E-state index contributed by atoms with van der Waals surface area (Å²) in [4.78, 5) is 0. The van der Waals surface area contributed by atoms with Crippen LogP contribution in [0.4, 0.5) is 0 Å². The second-order valence-electron chi connectivity index (χ2n) is 2.19. The molecule has 0 amide bonds. The molecule has 0 aromatic rings. The van der Waals surface area contributed by atoms with Gasteiger partial charge in [0.1, 0.15) is 0 Å². The fraction of sp³-hybridized carbons (Fsp3) is 0.571. The molecule has 0 fully saturated rings. The lowest BCUT2D eigenvalue weighted by molar-refractivity contribution is 1.15. The van der Waals surface area contributed by atoms with Crippen molar-refractivity contribution >= 4 is 29.9 Å². The van der Waals surface area contributed by atoms with E-state index in [4.69, 9.17) is 0 Å². The SMILES string of the molecule is CS[C@H]1CSN=CC=C1C. The first-order valence-electron chi connectivity index (χ1n) is 3.19. The van der Waals surface area contributed by atoms with Crippen molar-refractivity contribution in [3.8, 4) is 0 Å². The first kappa shape index (κ1) is 8.21. The summed E-state index contributed by atoms with van der Waals surface area (Å²) >= 11 is 3.55. The molecule has 1 aliphatic rings. The molecular weight excluding hydrogens is 162 g/mol. The van der Waals surface area contributed by atoms with Crippen LogP contribution in [0.2, 0.25) is 0 Å². The molecule has 3 heteroatoms. The lowest BCUT2D eigenvalue weighted by Gasteiger charge is -2.10. The molecule has 0 unspecified atom stereocenters. The highest BCUT2D eigenvalue weighted by atomic mass is 32.2. The van der Waals surface area contributed by atoms with Gasteiger partial charge in [0, 0.05) is 17.2 Å². The summed E-state index contributed by atoms with van der Waals surface area (Å²) in [6.07, 6.45) is 6.13. The predicted molar refractivity (Wildman–Crippen MR) is 52.0 cm³/mol. The van der Waals surface area contributed by atoms with Gasteiger partial charge in [-0.15, -0.1) is 0 Å². The van der Waals surface area contributed by atoms with Crippen LogP contribution in [0, 0.1) is 0 Å². The van der Waals surface area contributed by atoms with Crippen LogP contribution >= 0.6 is 23.7 Å². The van der Waals surface area contributed by atoms with Crippen LogP contribution in [-0.2, 0) is 0 Å². The van der Waals surface area contributed by atoms with Gasteiger partial charge < -0.3 is 0 Å². The Morgan fingerprint density at radius 1 is 1.80 bits per heavy atom. The third-order valence-electron chi connectivity index (χ3n) is 1.49. The average molecular weight is 173 g/mol. The summed E-state index contributed by atoms with van der Waals surface area (Å²) in [7, 11) is 0. The molecule has 0 spiro atoms. The molecule has 0 aromatic heterocycles. The van der Waals surface area contributed by atoms with Crippen molar-refractivity contribution in [3.05, 3.63) is 11.6 Å². The van der Waals surface area contributed by atoms with E-state index in [1.54, 1.807) is 11.9 Å². The zero-order valence-corrected chi connectivity index (χ0v) is 7.84. The normalized spacial score (nSPS) is 25.8. The number of hydrogen-bond acceptors (Lipinski definition) is 3. The van der Waals surface area contributed by atoms with Crippen molar-refractivity contribution in [2.24, 2.45) is 4.40 Å². The summed E-state index contributed by atoms with van der Waals surface area (Å²) in [5.41, 5.74) is 1.43. The Labute approximate surface area is 70.5 Å². The summed E-state index contributed by atoms with van der Waals surface area (Å²) < 4.78 is 4.12. The molecule has 1 heterocycles. The Hall–Kier alpha value is 0.110. The Morgan fingerprint density at radius 3 is 3.30 bits per heavy atom. The summed E-state index contributed by atoms with van der Waals surface area (Å²) in [5, 5.41) is 0.660. The van der Waals surface area contributed by atoms with Gasteiger partial charge in [0.25, 0.3) is 0 Å². The molecule has 1 rings (SSSR count). The Morgan fingerprint density at radius 2 is 2.60 bits per heavy atom. The minimum Gasteiger partial charge on any atom is -0.225 e. The molecule has 56 valence electrons. The Balaban J connectivity index is 2.60. The quantitative estimate of drug-likeness (QED) is 0.564. The fourth-order valence-corrected chi connectivity index (χ4v) is 2.60. The maximum Gasteiger partial charge on any atom is 0.0363 e. The molecule has 10 heavy (non-hydrogen) atoms. The monoisotopic (exact) mass is 173 g/mol. The molecule has 0 saturated carbocycles. The first-order valence-corrected chi connectivity index (χ1v) is 5.42. The van der Waals surface area contributed by atoms with Crippen LogP contribution in [0.25, 0.3) is 0 Å². The molecule has 0 radical (unpaired) electrons. The number of nitrogens with zero attached hydrogens (tertiary/aromatic N) is 1. The van der Waals surface area contributed by atoms with Crippen molar-refractivity contribution in [2.45, 2.75) is 12.2 Å². The lowest BCUT2D eigenvalue weighted by Crippen LogP contribution is -2.05. The molecule has 0 bridgehead atoms. The van der Waals surface area contributed by atoms with E-state index in [0.29, 0.717) is 5.25 Å². The van der Waals surface area contributed by atoms with Gasteiger partial charge in [0.05, 0.1) is 0 Å². The van der Waals surface area contributed by atoms with Crippen LogP contribution in [0.3, 0.4) is 0 Å². The minimum absolute atomic E-state index is 0.660. The van der Waals surface area contributed by atoms with Crippen molar-refractivity contribution in [1.82, 2.24) is 0 Å². The number of hydrogen-bond donors (Lipinski definition) is 0. The van der Waals surface area contributed by atoms with Gasteiger partial charge in [0.2, 0.25) is 0 Å². The highest BCUT2D eigenvalue weighted by Gasteiger charge is 2.09. The average Bonchev–Trinajstić information content (AvgIpc) is 2.13. The van der Waals surface area contributed by atoms with Crippen molar-refractivity contribution in [3.63, 3.8) is 0 Å². The smallest absolute Gasteiger partial charge is 0.0363 e. The fourth-order valence-electron chi connectivity index (χ4n) is 0.794. The van der Waals surface area contributed by atoms with Gasteiger partial charge in [-0.25, -0.2) is 4.40 Å². The third kappa shape index (κ3) is 2.06. The van der Waals surface area contributed by atoms with Crippen LogP contribution in [-0.4, -0.2) is 23.5 Å². The maximum absolute atomic E-state index is 4.12. The minimum atomic E-state index is 0.660. The Bertz CT molecular complexity index is 163. The van der Waals surface area contributed by atoms with Crippen molar-refractivity contribution in [1.29, 1.82) is 0 Å². The summed E-state index contributed by atoms with van der Waals surface area (Å²) in [5.74, 6) is 1.11. The Kier molecular flexibility index (Phi) is 3.35. The van der Waals surface area contributed by atoms with Gasteiger partial charge >= 0.3 is 0 Å². The van der Waals surface area contributed by atoms with E-state index < -0.39 is 0 Å². The standard InChI is InChI=1S/C7H11NS2/c1-6-3-4-8-10-5-7(6)9-2/h3-4,7H,5H2,1-2H3/t7-/m0/s1. The van der Waals surface area contributed by atoms with E-state index in [2.05, 4.69) is 23.7 Å². The van der Waals surface area contributed by atoms with Crippen LogP contribution in [0.1, 0.15) is 6.92 Å². The second-order valence-corrected chi connectivity index (χ2v) is 4.03. The van der Waals surface area contributed by atoms with Gasteiger partial charge in [-0.2, -0.15) is 11.8 Å². The first-order chi connectivity index (χ1) is 4.84. The molecule has 1 nitrogen and oxygen atoms in total. The van der Waals surface area contributed by atoms with Gasteiger partial charge in [-0.1, -0.05) is 5.57 Å². The highest BCUT2D eigenvalue weighted by molar-refractivity contribution is 8.02. The van der Waals surface area contributed by atoms with Crippen LogP contribution < -0.4 is 0 Å². The number of rotatable bonds is 1. The van der Waals surface area contributed by atoms with E-state index in [0.717, 1.165) is 5.75 Å². The van der Waals surface area contributed by atoms with Crippen LogP contribution in [0.5, 0.6) is 0 Å². The molecule has 0 saturated heterocycles. The van der Waals surface area contributed by atoms with Crippen molar-refractivity contribution in [2.75, 3.05) is 12.0 Å². The van der Waals surface area contributed by atoms with Gasteiger partial charge in [0.15, 0.2) is 0 Å². The molecule has 1 atom stereocenters. The topological polar surface area (TPSA) is 12.4 Å². The second kappa shape index (κ2) is 4.09. The number of allylic oxidation sites excluding steroid dienone is 1. The predicted octanol–water partition coefficient (Wildman–Crippen LogP) is 2.40.